The van der Waals surface area contributed by atoms with Gasteiger partial charge >= 0.3 is 0 Å². The highest BCUT2D eigenvalue weighted by atomic mass is 32.2. The average molecular weight is 887 g/mol. The molecule has 0 bridgehead atoms. The van der Waals surface area contributed by atoms with Gasteiger partial charge in [0.15, 0.2) is 5.71 Å². The fourth-order valence-electron chi connectivity index (χ4n) is 8.03. The molecular weight excluding hydrogens is 823 g/mol. The van der Waals surface area contributed by atoms with Crippen LogP contribution in [0, 0.1) is 0 Å². The summed E-state index contributed by atoms with van der Waals surface area (Å²) in [6.45, 7) is 13.3. The maximum absolute atomic E-state index is 12.7. The Kier molecular flexibility index (Phi) is 17.7. The van der Waals surface area contributed by atoms with Crippen molar-refractivity contribution in [2.24, 2.45) is 11.5 Å². The summed E-state index contributed by atoms with van der Waals surface area (Å²) in [5.74, 6) is -0.328. The van der Waals surface area contributed by atoms with E-state index in [1.54, 1.807) is 31.1 Å². The molecule has 0 aliphatic carbocycles. The summed E-state index contributed by atoms with van der Waals surface area (Å²) in [7, 11) is -1.05. The average Bonchev–Trinajstić information content (AvgIpc) is 3.57. The molecule has 16 nitrogen and oxygen atoms in total. The zero-order chi connectivity index (χ0) is 45.1. The maximum atomic E-state index is 12.7. The first-order valence-electron chi connectivity index (χ1n) is 20.7. The van der Waals surface area contributed by atoms with Gasteiger partial charge in [-0.1, -0.05) is 25.0 Å². The number of rotatable bonds is 23. The molecule has 0 aromatic heterocycles. The van der Waals surface area contributed by atoms with Crippen LogP contribution in [0.2, 0.25) is 0 Å². The maximum Gasteiger partial charge on any atom is 0.294 e. The molecule has 4 rings (SSSR count). The summed E-state index contributed by atoms with van der Waals surface area (Å²) in [5, 5.41) is 15.4. The second-order valence-electron chi connectivity index (χ2n) is 16.5. The van der Waals surface area contributed by atoms with E-state index in [9.17, 15) is 27.4 Å². The molecule has 2 aliphatic heterocycles. The van der Waals surface area contributed by atoms with Crippen LogP contribution in [0.1, 0.15) is 90.7 Å². The van der Waals surface area contributed by atoms with Crippen molar-refractivity contribution in [2.75, 3.05) is 58.3 Å². The molecule has 2 heterocycles. The van der Waals surface area contributed by atoms with Crippen LogP contribution < -0.4 is 21.7 Å². The number of anilines is 1. The van der Waals surface area contributed by atoms with Crippen molar-refractivity contribution in [3.63, 3.8) is 0 Å². The predicted octanol–water partition coefficient (Wildman–Crippen LogP) is 5.05. The van der Waals surface area contributed by atoms with Crippen molar-refractivity contribution in [3.05, 3.63) is 71.5 Å². The van der Waals surface area contributed by atoms with E-state index < -0.39 is 21.6 Å². The number of fused-ring (bicyclic) bond motifs is 2. The number of likely N-dealkylation sites (N-methyl/N-ethyl adjacent to an activating group) is 2. The minimum absolute atomic E-state index is 0.0325. The fourth-order valence-corrected chi connectivity index (χ4v) is 8.94. The third-order valence-corrected chi connectivity index (χ3v) is 13.0. The van der Waals surface area contributed by atoms with Gasteiger partial charge in [-0.05, 0) is 88.4 Å². The van der Waals surface area contributed by atoms with Crippen molar-refractivity contribution in [2.45, 2.75) is 106 Å². The summed E-state index contributed by atoms with van der Waals surface area (Å²) < 4.78 is 41.1. The lowest BCUT2D eigenvalue weighted by molar-refractivity contribution is -0.438. The first-order valence-corrected chi connectivity index (χ1v) is 22.9. The number of carbonyl (C=O) groups is 3. The molecule has 61 heavy (non-hydrogen) atoms. The van der Waals surface area contributed by atoms with Gasteiger partial charge in [-0.2, -0.15) is 13.0 Å². The van der Waals surface area contributed by atoms with Gasteiger partial charge in [0.25, 0.3) is 10.1 Å². The quantitative estimate of drug-likeness (QED) is 0.0247. The number of hydrogen-bond acceptors (Lipinski definition) is 12. The molecule has 0 saturated carbocycles. The van der Waals surface area contributed by atoms with E-state index in [1.807, 2.05) is 38.1 Å². The van der Waals surface area contributed by atoms with Gasteiger partial charge < -0.3 is 31.5 Å². The van der Waals surface area contributed by atoms with Crippen LogP contribution in [-0.4, -0.2) is 115 Å². The number of unbranched alkanes of at least 4 members (excludes halogenated alkanes) is 2. The molecule has 3 amide bonds. The van der Waals surface area contributed by atoms with Crippen molar-refractivity contribution >= 4 is 57.0 Å². The van der Waals surface area contributed by atoms with Gasteiger partial charge in [-0.3, -0.25) is 18.9 Å². The van der Waals surface area contributed by atoms with Gasteiger partial charge in [0.05, 0.1) is 28.4 Å². The summed E-state index contributed by atoms with van der Waals surface area (Å²) in [5.41, 5.74) is 16.1. The van der Waals surface area contributed by atoms with Gasteiger partial charge in [0.2, 0.25) is 23.4 Å². The topological polar surface area (TPSA) is 221 Å². The summed E-state index contributed by atoms with van der Waals surface area (Å²) in [4.78, 5) is 43.3. The number of amides is 3. The lowest BCUT2D eigenvalue weighted by Gasteiger charge is -2.25. The van der Waals surface area contributed by atoms with Crippen LogP contribution in [0.5, 0.6) is 0 Å². The Morgan fingerprint density at radius 1 is 0.967 bits per heavy atom. The van der Waals surface area contributed by atoms with Crippen LogP contribution in [0.15, 0.2) is 70.1 Å². The monoisotopic (exact) mass is 886 g/mol. The summed E-state index contributed by atoms with van der Waals surface area (Å²) in [6.07, 6.45) is 10.2. The molecule has 18 heteroatoms. The standard InChI is InChI=1S/C43H63N7O9S2/c1-8-49-35-21-19-30(60-59-58-54)27-32(35)42(2,3)37(49)15-12-16-38-43(4,5)33-28-31(61(55,56)57)20-22-36(33)50(38)26-11-9-10-17-39(51)46-23-14-25-47(6)40(52)18-13-24-48(7)41(53)34(45)29-44/h12,15-16,19-22,27-28,34H,8-11,13-14,17-18,23-26,29,44-45H2,1-7H3,(H2-,46,51,54,55,56,57)/p+1. The summed E-state index contributed by atoms with van der Waals surface area (Å²) in [6, 6.07) is 9.94. The number of nitrogens with zero attached hydrogens (tertiary/aromatic N) is 4. The number of carbonyl (C=O) groups excluding carboxylic acids is 3. The Morgan fingerprint density at radius 2 is 1.69 bits per heavy atom. The number of nitrogens with two attached hydrogens (primary N) is 2. The SMILES string of the molecule is CCN1/C(=C/C=C/C2=[N+](CCCCCC(=O)NCCCN(C)C(=O)CCCN(C)C(=O)C(N)CN)c3ccc(S(=O)(=O)O)cc3C2(C)C)C(C)(C)c2cc(SOOO)ccc21. The van der Waals surface area contributed by atoms with Gasteiger partial charge in [0.1, 0.15) is 6.54 Å². The largest absolute Gasteiger partial charge is 0.356 e. The lowest BCUT2D eigenvalue weighted by Crippen LogP contribution is -2.46. The lowest BCUT2D eigenvalue weighted by atomic mass is 9.81. The number of nitrogens with one attached hydrogen (secondary N) is 1. The fraction of sp³-hybridized carbons (Fsp3) is 0.535. The Bertz CT molecular complexity index is 2100. The highest BCUT2D eigenvalue weighted by Gasteiger charge is 2.45. The van der Waals surface area contributed by atoms with E-state index in [4.69, 9.17) is 16.7 Å². The van der Waals surface area contributed by atoms with Crippen LogP contribution in [0.4, 0.5) is 11.4 Å². The molecule has 0 fully saturated rings. The third kappa shape index (κ3) is 12.3. The molecule has 1 atom stereocenters. The first-order chi connectivity index (χ1) is 28.8. The minimum atomic E-state index is -4.42. The Balaban J connectivity index is 1.36. The zero-order valence-electron chi connectivity index (χ0n) is 36.5. The van der Waals surface area contributed by atoms with Gasteiger partial charge in [0, 0.05) is 105 Å². The molecule has 2 aromatic rings. The summed E-state index contributed by atoms with van der Waals surface area (Å²) >= 11 is 0.919. The van der Waals surface area contributed by atoms with E-state index >= 15 is 0 Å². The minimum Gasteiger partial charge on any atom is -0.356 e. The van der Waals surface area contributed by atoms with Crippen molar-refractivity contribution in [1.29, 1.82) is 0 Å². The second kappa shape index (κ2) is 21.8. The van der Waals surface area contributed by atoms with E-state index in [0.29, 0.717) is 58.3 Å². The molecule has 1 unspecified atom stereocenters. The molecule has 2 aliphatic rings. The number of hydrogen-bond donors (Lipinski definition) is 5. The normalized spacial score (nSPS) is 16.6. The van der Waals surface area contributed by atoms with E-state index in [-0.39, 0.29) is 34.6 Å². The highest BCUT2D eigenvalue weighted by molar-refractivity contribution is 7.94. The third-order valence-electron chi connectivity index (χ3n) is 11.5. The molecular formula is C43H64N7O9S2+. The molecule has 7 N–H and O–H groups in total. The van der Waals surface area contributed by atoms with Crippen molar-refractivity contribution in [3.8, 4) is 0 Å². The molecule has 0 spiro atoms. The first kappa shape index (κ1) is 49.5. The van der Waals surface area contributed by atoms with Gasteiger partial charge in [-0.25, -0.2) is 5.26 Å². The van der Waals surface area contributed by atoms with E-state index in [0.717, 1.165) is 70.2 Å². The second-order valence-corrected chi connectivity index (χ2v) is 18.7. The molecule has 2 aromatic carbocycles. The van der Waals surface area contributed by atoms with Gasteiger partial charge in [-0.15, -0.1) is 4.33 Å². The zero-order valence-corrected chi connectivity index (χ0v) is 38.1. The van der Waals surface area contributed by atoms with E-state index in [2.05, 4.69) is 57.1 Å². The van der Waals surface area contributed by atoms with Crippen LogP contribution in [0.3, 0.4) is 0 Å². The Morgan fingerprint density at radius 3 is 2.36 bits per heavy atom. The van der Waals surface area contributed by atoms with E-state index in [1.165, 1.54) is 11.0 Å². The molecule has 336 valence electrons. The predicted molar refractivity (Wildman–Crippen MR) is 237 cm³/mol. The highest BCUT2D eigenvalue weighted by Crippen LogP contribution is 2.49. The number of allylic oxidation sites excluding steroid dienone is 4. The van der Waals surface area contributed by atoms with Crippen LogP contribution in [-0.2, 0) is 44.7 Å². The van der Waals surface area contributed by atoms with Crippen molar-refractivity contribution in [1.82, 2.24) is 15.1 Å². The van der Waals surface area contributed by atoms with Crippen molar-refractivity contribution < 1.29 is 46.6 Å². The number of benzene rings is 2. The van der Waals surface area contributed by atoms with Crippen LogP contribution in [0.25, 0.3) is 0 Å². The molecule has 0 saturated heterocycles. The smallest absolute Gasteiger partial charge is 0.294 e. The van der Waals surface area contributed by atoms with Crippen LogP contribution >= 0.6 is 12.0 Å². The Labute approximate surface area is 364 Å². The Hall–Kier alpha value is -4.14. The molecule has 0 radical (unpaired) electrons.